The van der Waals surface area contributed by atoms with Crippen LogP contribution in [0.2, 0.25) is 0 Å². The van der Waals surface area contributed by atoms with Gasteiger partial charge >= 0.3 is 199 Å². The predicted molar refractivity (Wildman–Crippen MR) is 306 cm³/mol. The number of carbonyl (C=O) groups excluding carboxylic acids is 1. The first-order chi connectivity index (χ1) is 36.7. The fraction of sp³-hybridized carbons (Fsp3) is 0.403. The maximum atomic E-state index is 14.0. The summed E-state index contributed by atoms with van der Waals surface area (Å²) in [6, 6.07) is 41.4. The topological polar surface area (TPSA) is 186 Å². The van der Waals surface area contributed by atoms with E-state index in [1.54, 1.807) is 0 Å². The first-order valence-electron chi connectivity index (χ1n) is 27.1. The van der Waals surface area contributed by atoms with E-state index < -0.39 is 44.6 Å². The van der Waals surface area contributed by atoms with Crippen molar-refractivity contribution in [2.24, 2.45) is 0 Å². The number of aromatic nitrogens is 4. The molecule has 3 aliphatic rings. The van der Waals surface area contributed by atoms with Crippen LogP contribution in [-0.4, -0.2) is 121 Å². The Kier molecular flexibility index (Phi) is 17.5. The number of hydrogen-bond acceptors (Lipinski definition) is 10. The van der Waals surface area contributed by atoms with Crippen LogP contribution < -0.4 is 15.9 Å². The minimum atomic E-state index is -2.33. The Morgan fingerprint density at radius 1 is 0.737 bits per heavy atom. The zero-order valence-electron chi connectivity index (χ0n) is 45.1. The molecule has 1 amide bonds. The molecule has 0 spiro atoms. The summed E-state index contributed by atoms with van der Waals surface area (Å²) in [5, 5.41) is 45.9. The molecule has 6 heterocycles. The zero-order valence-corrected chi connectivity index (χ0v) is 46.1. The third kappa shape index (κ3) is 11.3. The Labute approximate surface area is 447 Å². The van der Waals surface area contributed by atoms with Crippen molar-refractivity contribution in [3.63, 3.8) is 0 Å². The van der Waals surface area contributed by atoms with Crippen LogP contribution in [0.1, 0.15) is 110 Å². The number of aliphatic hydroxyl groups excluding tert-OH is 4. The molecule has 1 fully saturated rings. The molecule has 3 aliphatic heterocycles. The molecule has 14 heteroatoms. The number of H-pyrrole nitrogens is 2. The molecule has 0 aliphatic carbocycles. The summed E-state index contributed by atoms with van der Waals surface area (Å²) in [4.78, 5) is 33.7. The van der Waals surface area contributed by atoms with Gasteiger partial charge in [-0.05, 0) is 86.2 Å². The van der Waals surface area contributed by atoms with E-state index in [2.05, 4.69) is 154 Å². The summed E-state index contributed by atoms with van der Waals surface area (Å²) >= 11 is 0. The van der Waals surface area contributed by atoms with Crippen molar-refractivity contribution in [2.75, 3.05) is 39.6 Å². The summed E-state index contributed by atoms with van der Waals surface area (Å²) < 4.78 is 18.2. The number of fused-ring (bicyclic) bond motifs is 8. The summed E-state index contributed by atoms with van der Waals surface area (Å²) in [5.74, 6) is 0.0178. The van der Waals surface area contributed by atoms with Gasteiger partial charge in [0.15, 0.2) is 6.29 Å². The van der Waals surface area contributed by atoms with Gasteiger partial charge in [0.1, 0.15) is 24.4 Å². The van der Waals surface area contributed by atoms with Crippen molar-refractivity contribution in [1.29, 1.82) is 0 Å². The number of amides is 1. The van der Waals surface area contributed by atoms with E-state index in [1.165, 1.54) is 15.9 Å². The van der Waals surface area contributed by atoms with Gasteiger partial charge in [-0.2, -0.15) is 0 Å². The summed E-state index contributed by atoms with van der Waals surface area (Å²) in [6.45, 7) is 13.9. The molecule has 7 atom stereocenters. The minimum absolute atomic E-state index is 0.0226. The first kappa shape index (κ1) is 54.9. The summed E-state index contributed by atoms with van der Waals surface area (Å²) in [6.07, 6.45) is -2.56. The van der Waals surface area contributed by atoms with Crippen molar-refractivity contribution < 1.29 is 39.4 Å². The molecule has 6 N–H and O–H groups in total. The zero-order chi connectivity index (χ0) is 53.7. The minimum Gasteiger partial charge on any atom is -0.394 e. The number of carbonyl (C=O) groups is 1. The SMILES string of the molecule is CCC1=C(C)c2cc3[nH]c(cc4nc(c(C)c5cc(C)c(cc1n2)[nH]5)[C@@H](CCC(=O)N(C)CCCOCCC[PH](c1ccccc1)(c1ccccc1)c1ccccc1)[C@@H]4C)c(C)c3CO[C@@H]1O[C@H](CO)[C@@H](O)[C@H](O)[C@H]1O. The van der Waals surface area contributed by atoms with Crippen LogP contribution in [0.25, 0.3) is 33.2 Å². The van der Waals surface area contributed by atoms with Gasteiger partial charge in [0.05, 0.1) is 24.6 Å². The van der Waals surface area contributed by atoms with Gasteiger partial charge in [0.25, 0.3) is 0 Å². The average Bonchev–Trinajstić information content (AvgIpc) is 4.16. The van der Waals surface area contributed by atoms with Gasteiger partial charge in [-0.25, -0.2) is 4.98 Å². The standard InChI is InChI=1S/C62H76N5O8P/c1-8-46-39(3)52-35-55-48(37-74-62-61(72)60(71)59(70)56(36-68)75-62)41(5)51(65-55)34-53-40(4)47(58(66-53)42(6)50-32-38(2)49(63-50)33-54(46)64-52)26-27-57(69)67(7)28-18-29-73-30-19-31-76(43-20-12-9-13-21-43,44-22-14-10-15-23-44)45-24-16-11-17-25-45/h9-17,20-25,32-35,40,47,56,59-63,65,68,70-72,76H,8,18-19,26-31,36-37H2,1-7H3/t40-,47-,56+,59+,60-,61+,62+/m0/s1. The quantitative estimate of drug-likeness (QED) is 0.0339. The Balaban J connectivity index is 0.920. The van der Waals surface area contributed by atoms with Crippen molar-refractivity contribution >= 4 is 62.3 Å². The van der Waals surface area contributed by atoms with Crippen LogP contribution in [-0.2, 0) is 25.6 Å². The number of aromatic amines is 2. The van der Waals surface area contributed by atoms with Crippen LogP contribution >= 0.6 is 7.26 Å². The van der Waals surface area contributed by atoms with E-state index in [0.717, 1.165) is 104 Å². The van der Waals surface area contributed by atoms with Gasteiger partial charge in [0.2, 0.25) is 0 Å². The molecule has 402 valence electrons. The molecule has 6 aromatic rings. The molecule has 1 saturated heterocycles. The van der Waals surface area contributed by atoms with Crippen molar-refractivity contribution in [3.05, 3.63) is 160 Å². The van der Waals surface area contributed by atoms with E-state index in [0.29, 0.717) is 32.6 Å². The van der Waals surface area contributed by atoms with Crippen LogP contribution in [0, 0.1) is 20.8 Å². The van der Waals surface area contributed by atoms with E-state index >= 15 is 0 Å². The van der Waals surface area contributed by atoms with Crippen LogP contribution in [0.15, 0.2) is 115 Å². The molecule has 76 heavy (non-hydrogen) atoms. The molecule has 0 radical (unpaired) electrons. The van der Waals surface area contributed by atoms with Gasteiger partial charge < -0.3 is 39.9 Å². The van der Waals surface area contributed by atoms with Gasteiger partial charge in [0, 0.05) is 44.9 Å². The molecular weight excluding hydrogens is 974 g/mol. The van der Waals surface area contributed by atoms with Crippen molar-refractivity contribution in [1.82, 2.24) is 24.8 Å². The number of hydrogen-bond donors (Lipinski definition) is 6. The second kappa shape index (κ2) is 24.2. The summed E-state index contributed by atoms with van der Waals surface area (Å²) in [5.41, 5.74) is 13.0. The predicted octanol–water partition coefficient (Wildman–Crippen LogP) is 8.55. The second-order valence-corrected chi connectivity index (χ2v) is 25.0. The Morgan fingerprint density at radius 2 is 1.34 bits per heavy atom. The number of ether oxygens (including phenoxy) is 3. The molecular formula is C62H76N5O8P. The van der Waals surface area contributed by atoms with Crippen LogP contribution in [0.4, 0.5) is 0 Å². The van der Waals surface area contributed by atoms with E-state index in [-0.39, 0.29) is 24.3 Å². The Bertz CT molecular complexity index is 3080. The fourth-order valence-electron chi connectivity index (χ4n) is 11.6. The van der Waals surface area contributed by atoms with Crippen LogP contribution in [0.5, 0.6) is 0 Å². The normalized spacial score (nSPS) is 21.0. The monoisotopic (exact) mass is 1050 g/mol. The molecule has 8 bridgehead atoms. The number of nitrogens with one attached hydrogen (secondary N) is 2. The van der Waals surface area contributed by atoms with Crippen molar-refractivity contribution in [2.45, 2.75) is 123 Å². The number of benzene rings is 3. The molecule has 0 unspecified atom stereocenters. The number of aryl methyl sites for hydroxylation is 3. The summed E-state index contributed by atoms with van der Waals surface area (Å²) in [7, 11) is -0.443. The molecule has 0 saturated carbocycles. The van der Waals surface area contributed by atoms with Crippen molar-refractivity contribution in [3.8, 4) is 0 Å². The fourth-order valence-corrected chi connectivity index (χ4v) is 16.5. The third-order valence-electron chi connectivity index (χ3n) is 16.3. The largest absolute Gasteiger partial charge is 0.394 e. The smallest absolute Gasteiger partial charge is 0.187 e. The average molecular weight is 1050 g/mol. The van der Waals surface area contributed by atoms with E-state index in [4.69, 9.17) is 24.2 Å². The number of nitrogens with zero attached hydrogens (tertiary/aromatic N) is 3. The molecule has 3 aromatic heterocycles. The van der Waals surface area contributed by atoms with Gasteiger partial charge in [-0.1, -0.05) is 13.8 Å². The molecule has 13 nitrogen and oxygen atoms in total. The van der Waals surface area contributed by atoms with Crippen LogP contribution in [0.3, 0.4) is 0 Å². The molecule has 3 aromatic carbocycles. The van der Waals surface area contributed by atoms with Gasteiger partial charge in [-0.3, -0.25) is 4.98 Å². The van der Waals surface area contributed by atoms with Gasteiger partial charge in [-0.15, -0.1) is 0 Å². The Morgan fingerprint density at radius 3 is 1.97 bits per heavy atom. The maximum Gasteiger partial charge on any atom is 0.187 e. The third-order valence-corrected chi connectivity index (χ3v) is 21.4. The Hall–Kier alpha value is -5.86. The molecule has 9 rings (SSSR count). The van der Waals surface area contributed by atoms with E-state index in [1.807, 2.05) is 24.9 Å². The number of allylic oxidation sites excluding steroid dienone is 2. The number of aliphatic hydroxyl groups is 4. The second-order valence-electron chi connectivity index (χ2n) is 21.0. The maximum absolute atomic E-state index is 14.0. The van der Waals surface area contributed by atoms with E-state index in [9.17, 15) is 25.2 Å². The number of rotatable bonds is 19. The first-order valence-corrected chi connectivity index (χ1v) is 29.3.